The molecule has 1 aromatic rings. The van der Waals surface area contributed by atoms with Gasteiger partial charge >= 0.3 is 30.9 Å². The Hall–Kier alpha value is -2.11. The van der Waals surface area contributed by atoms with E-state index in [0.29, 0.717) is 6.07 Å². The van der Waals surface area contributed by atoms with Crippen LogP contribution in [0.1, 0.15) is 46.2 Å². The van der Waals surface area contributed by atoms with E-state index in [9.17, 15) is 28.3 Å². The molecule has 1 aliphatic heterocycles. The Morgan fingerprint density at radius 3 is 2.17 bits per heavy atom. The third-order valence-electron chi connectivity index (χ3n) is 4.38. The van der Waals surface area contributed by atoms with Crippen molar-refractivity contribution in [3.63, 3.8) is 0 Å². The summed E-state index contributed by atoms with van der Waals surface area (Å²) >= 11 is 0. The Bertz CT molecular complexity index is 790. The van der Waals surface area contributed by atoms with Gasteiger partial charge < -0.3 is 14.7 Å². The topological polar surface area (TPSA) is 87.2 Å². The fourth-order valence-corrected chi connectivity index (χ4v) is 3.11. The van der Waals surface area contributed by atoms with Crippen molar-refractivity contribution >= 4 is 36.8 Å². The summed E-state index contributed by atoms with van der Waals surface area (Å²) < 4.78 is 32.8. The van der Waals surface area contributed by atoms with Crippen LogP contribution in [0.3, 0.4) is 0 Å². The Morgan fingerprint density at radius 1 is 1.21 bits per heavy atom. The predicted octanol–water partition coefficient (Wildman–Crippen LogP) is 2.30. The number of hydrogen-bond acceptors (Lipinski definition) is 4. The number of benzene rings is 1. The molecule has 1 aromatic carbocycles. The molecule has 156 valence electrons. The monoisotopic (exact) mass is 406 g/mol. The first-order valence-electron chi connectivity index (χ1n) is 8.72. The van der Waals surface area contributed by atoms with Crippen LogP contribution in [0.15, 0.2) is 18.2 Å². The first kappa shape index (κ1) is 24.9. The van der Waals surface area contributed by atoms with Crippen LogP contribution in [0.25, 0.3) is 0 Å². The zero-order valence-electron chi connectivity index (χ0n) is 16.5. The summed E-state index contributed by atoms with van der Waals surface area (Å²) in [6.45, 7) is 7.09. The van der Waals surface area contributed by atoms with Crippen molar-refractivity contribution in [2.45, 2.75) is 51.8 Å². The van der Waals surface area contributed by atoms with Crippen molar-refractivity contribution in [2.24, 2.45) is 0 Å². The zero-order chi connectivity index (χ0) is 21.4. The number of carboxylic acid groups (broad SMARTS) is 1. The van der Waals surface area contributed by atoms with Gasteiger partial charge in [0, 0.05) is 12.6 Å². The quantitative estimate of drug-likeness (QED) is 0.779. The van der Waals surface area contributed by atoms with Gasteiger partial charge in [-0.1, -0.05) is 0 Å². The van der Waals surface area contributed by atoms with E-state index in [1.165, 1.54) is 13.8 Å². The molecule has 10 heteroatoms. The molecule has 29 heavy (non-hydrogen) atoms. The second kappa shape index (κ2) is 8.72. The zero-order valence-corrected chi connectivity index (χ0v) is 16.5. The normalized spacial score (nSPS) is 18.9. The van der Waals surface area contributed by atoms with E-state index in [0.717, 1.165) is 21.9 Å². The summed E-state index contributed by atoms with van der Waals surface area (Å²) in [7, 11) is 0. The Morgan fingerprint density at radius 2 is 1.72 bits per heavy atom. The molecule has 0 aromatic heterocycles. The number of aliphatic carboxylic acids is 1. The Labute approximate surface area is 180 Å². The molecule has 1 saturated heterocycles. The molecule has 0 bridgehead atoms. The van der Waals surface area contributed by atoms with Crippen molar-refractivity contribution in [3.05, 3.63) is 35.4 Å². The van der Waals surface area contributed by atoms with Crippen molar-refractivity contribution in [1.29, 1.82) is 0 Å². The Kier molecular flexibility index (Phi) is 7.49. The van der Waals surface area contributed by atoms with Crippen LogP contribution in [-0.2, 0) is 14.3 Å². The molecule has 2 amide bonds. The van der Waals surface area contributed by atoms with Crippen molar-refractivity contribution in [2.75, 3.05) is 13.1 Å². The maximum absolute atomic E-state index is 13.7. The molecule has 0 saturated carbocycles. The van der Waals surface area contributed by atoms with E-state index < -0.39 is 53.3 Å². The van der Waals surface area contributed by atoms with Gasteiger partial charge in [0.05, 0.1) is 6.04 Å². The van der Waals surface area contributed by atoms with Crippen molar-refractivity contribution in [3.8, 4) is 0 Å². The fourth-order valence-electron chi connectivity index (χ4n) is 3.11. The van der Waals surface area contributed by atoms with Crippen LogP contribution in [0.2, 0.25) is 0 Å². The number of rotatable bonds is 3. The first-order valence-corrected chi connectivity index (χ1v) is 8.72. The summed E-state index contributed by atoms with van der Waals surface area (Å²) in [4.78, 5) is 39.2. The number of piperazine rings is 1. The van der Waals surface area contributed by atoms with Crippen molar-refractivity contribution < 1.29 is 33.0 Å². The van der Waals surface area contributed by atoms with Gasteiger partial charge in [-0.05, 0) is 52.3 Å². The van der Waals surface area contributed by atoms with E-state index in [4.69, 9.17) is 4.74 Å². The summed E-state index contributed by atoms with van der Waals surface area (Å²) in [5.41, 5.74) is -2.18. The molecular formula is C19H25F2LiN2O5. The molecule has 1 aliphatic rings. The number of carbonyl (C=O) groups excluding carboxylic acids is 2. The average Bonchev–Trinajstić information content (AvgIpc) is 2.48. The summed E-state index contributed by atoms with van der Waals surface area (Å²) in [5, 5.41) is 9.21. The maximum atomic E-state index is 13.7. The van der Waals surface area contributed by atoms with Crippen LogP contribution < -0.4 is 0 Å². The molecule has 0 unspecified atom stereocenters. The Balaban J connectivity index is 0.00000420. The standard InChI is InChI=1S/C19H24F2N2O5.Li.H/c1-18(2,3)28-17(27)23-9-14(11-6-12(20)8-13(21)7-11)22(10-15(24)25)16(26)19(23,4)5;;/h6-8,14H,9-10H2,1-5H3,(H,24,25);;/t14-;;/m0../s1. The number of hydrogen-bond donors (Lipinski definition) is 1. The molecular weight excluding hydrogens is 381 g/mol. The summed E-state index contributed by atoms with van der Waals surface area (Å²) in [6, 6.07) is 1.66. The van der Waals surface area contributed by atoms with Gasteiger partial charge in [-0.25, -0.2) is 13.6 Å². The molecule has 1 fully saturated rings. The summed E-state index contributed by atoms with van der Waals surface area (Å²) in [5.74, 6) is -3.68. The molecule has 0 aliphatic carbocycles. The number of amides is 2. The van der Waals surface area contributed by atoms with Crippen LogP contribution in [0.5, 0.6) is 0 Å². The molecule has 2 rings (SSSR count). The SMILES string of the molecule is CC(C)(C)OC(=O)N1C[C@@H](c2cc(F)cc(F)c2)N(CC(=O)O)C(=O)C1(C)C.[LiH]. The van der Waals surface area contributed by atoms with Crippen molar-refractivity contribution in [1.82, 2.24) is 9.80 Å². The molecule has 0 radical (unpaired) electrons. The predicted molar refractivity (Wildman–Crippen MR) is 103 cm³/mol. The van der Waals surface area contributed by atoms with Gasteiger partial charge in [0.25, 0.3) is 0 Å². The molecule has 0 spiro atoms. The number of carboxylic acids is 1. The van der Waals surface area contributed by atoms with Crippen LogP contribution >= 0.6 is 0 Å². The number of carbonyl (C=O) groups is 3. The second-order valence-electron chi connectivity index (χ2n) is 8.20. The van der Waals surface area contributed by atoms with Gasteiger partial charge in [0.2, 0.25) is 5.91 Å². The number of halogens is 2. The van der Waals surface area contributed by atoms with E-state index in [-0.39, 0.29) is 31.0 Å². The van der Waals surface area contributed by atoms with E-state index in [2.05, 4.69) is 0 Å². The van der Waals surface area contributed by atoms with E-state index >= 15 is 0 Å². The first-order chi connectivity index (χ1) is 12.7. The number of nitrogens with zero attached hydrogens (tertiary/aromatic N) is 2. The van der Waals surface area contributed by atoms with Gasteiger partial charge in [-0.3, -0.25) is 14.5 Å². The van der Waals surface area contributed by atoms with Gasteiger partial charge in [-0.2, -0.15) is 0 Å². The minimum absolute atomic E-state index is 0. The van der Waals surface area contributed by atoms with E-state index in [1.54, 1.807) is 20.8 Å². The molecule has 1 N–H and O–H groups in total. The average molecular weight is 406 g/mol. The van der Waals surface area contributed by atoms with E-state index in [1.807, 2.05) is 0 Å². The van der Waals surface area contributed by atoms with Crippen LogP contribution in [-0.4, -0.2) is 76.0 Å². The number of ether oxygens (including phenoxy) is 1. The fraction of sp³-hybridized carbons (Fsp3) is 0.526. The second-order valence-corrected chi connectivity index (χ2v) is 8.20. The molecule has 1 heterocycles. The third kappa shape index (κ3) is 5.70. The van der Waals surface area contributed by atoms with Gasteiger partial charge in [0.15, 0.2) is 0 Å². The van der Waals surface area contributed by atoms with Gasteiger partial charge in [-0.15, -0.1) is 0 Å². The van der Waals surface area contributed by atoms with Crippen LogP contribution in [0.4, 0.5) is 13.6 Å². The minimum atomic E-state index is -1.40. The van der Waals surface area contributed by atoms with Gasteiger partial charge in [0.1, 0.15) is 29.3 Å². The molecule has 1 atom stereocenters. The molecule has 7 nitrogen and oxygen atoms in total. The third-order valence-corrected chi connectivity index (χ3v) is 4.38. The van der Waals surface area contributed by atoms with Crippen LogP contribution in [0, 0.1) is 11.6 Å². The summed E-state index contributed by atoms with van der Waals surface area (Å²) in [6.07, 6.45) is -0.775.